The smallest absolute Gasteiger partial charge is 0.250 e. The highest BCUT2D eigenvalue weighted by Gasteiger charge is 2.14. The number of hydrogen-bond donors (Lipinski definition) is 1. The van der Waals surface area contributed by atoms with Crippen molar-refractivity contribution in [2.75, 3.05) is 5.75 Å². The van der Waals surface area contributed by atoms with Crippen molar-refractivity contribution in [1.82, 2.24) is 15.0 Å². The molecule has 0 atom stereocenters. The molecule has 3 aromatic carbocycles. The molecule has 160 valence electrons. The van der Waals surface area contributed by atoms with Gasteiger partial charge in [0, 0.05) is 11.2 Å². The van der Waals surface area contributed by atoms with Gasteiger partial charge >= 0.3 is 0 Å². The number of carbonyl (C=O) groups excluding carboxylic acids is 1. The molecule has 0 bridgehead atoms. The first-order valence-corrected chi connectivity index (χ1v) is 11.4. The van der Waals surface area contributed by atoms with E-state index in [1.165, 1.54) is 11.8 Å². The summed E-state index contributed by atoms with van der Waals surface area (Å²) in [5.41, 5.74) is 6.50. The highest BCUT2D eigenvalue weighted by molar-refractivity contribution is 7.99. The van der Waals surface area contributed by atoms with Gasteiger partial charge in [-0.2, -0.15) is 5.10 Å². The van der Waals surface area contributed by atoms with Crippen LogP contribution in [0.1, 0.15) is 11.1 Å². The normalized spacial score (nSPS) is 11.5. The molecule has 4 rings (SSSR count). The van der Waals surface area contributed by atoms with Gasteiger partial charge in [-0.3, -0.25) is 4.79 Å². The van der Waals surface area contributed by atoms with Gasteiger partial charge in [0.15, 0.2) is 5.16 Å². The number of halogens is 1. The fraction of sp³-hybridized carbons (Fsp3) is 0.0800. The molecule has 1 aromatic heterocycles. The molecule has 32 heavy (non-hydrogen) atoms. The van der Waals surface area contributed by atoms with Gasteiger partial charge in [-0.1, -0.05) is 90.1 Å². The van der Waals surface area contributed by atoms with Crippen LogP contribution in [0.15, 0.2) is 95.2 Å². The second kappa shape index (κ2) is 10.8. The van der Waals surface area contributed by atoms with Gasteiger partial charge in [0.25, 0.3) is 5.91 Å². The maximum atomic E-state index is 12.3. The quantitative estimate of drug-likeness (QED) is 0.210. The van der Waals surface area contributed by atoms with E-state index >= 15 is 0 Å². The van der Waals surface area contributed by atoms with Gasteiger partial charge < -0.3 is 4.57 Å². The number of imidazole rings is 1. The van der Waals surface area contributed by atoms with Crippen LogP contribution >= 0.6 is 23.4 Å². The summed E-state index contributed by atoms with van der Waals surface area (Å²) in [4.78, 5) is 17.0. The number of nitrogens with zero attached hydrogens (tertiary/aromatic N) is 3. The molecule has 5 nitrogen and oxygen atoms in total. The molecular formula is C25H21ClN4OS. The van der Waals surface area contributed by atoms with E-state index in [2.05, 4.69) is 15.1 Å². The monoisotopic (exact) mass is 460 g/mol. The van der Waals surface area contributed by atoms with Crippen LogP contribution < -0.4 is 5.43 Å². The Labute approximate surface area is 195 Å². The van der Waals surface area contributed by atoms with Gasteiger partial charge in [0.2, 0.25) is 0 Å². The lowest BCUT2D eigenvalue weighted by Crippen LogP contribution is -2.19. The van der Waals surface area contributed by atoms with E-state index in [4.69, 9.17) is 16.6 Å². The van der Waals surface area contributed by atoms with Crippen molar-refractivity contribution in [3.05, 3.63) is 101 Å². The van der Waals surface area contributed by atoms with E-state index < -0.39 is 0 Å². The van der Waals surface area contributed by atoms with E-state index in [9.17, 15) is 4.79 Å². The Morgan fingerprint density at radius 2 is 1.78 bits per heavy atom. The third-order valence-corrected chi connectivity index (χ3v) is 6.02. The Kier molecular flexibility index (Phi) is 7.38. The molecule has 0 radical (unpaired) electrons. The van der Waals surface area contributed by atoms with Gasteiger partial charge in [-0.05, 0) is 35.4 Å². The number of fused-ring (bicyclic) bond motifs is 1. The zero-order valence-corrected chi connectivity index (χ0v) is 18.8. The fourth-order valence-electron chi connectivity index (χ4n) is 3.15. The van der Waals surface area contributed by atoms with Crippen molar-refractivity contribution < 1.29 is 4.79 Å². The average Bonchev–Trinajstić information content (AvgIpc) is 3.17. The van der Waals surface area contributed by atoms with Crippen molar-refractivity contribution in [3.63, 3.8) is 0 Å². The summed E-state index contributed by atoms with van der Waals surface area (Å²) in [6.45, 7) is 0.576. The number of benzene rings is 3. The summed E-state index contributed by atoms with van der Waals surface area (Å²) in [6, 6.07) is 25.5. The van der Waals surface area contributed by atoms with Crippen LogP contribution in [-0.4, -0.2) is 27.4 Å². The molecule has 1 N–H and O–H groups in total. The van der Waals surface area contributed by atoms with Crippen LogP contribution in [0.4, 0.5) is 0 Å². The number of allylic oxidation sites excluding steroid dienone is 1. The SMILES string of the molecule is O=C(CSc1nc2ccccc2n1Cc1ccccc1Cl)N/N=C/C=C/c1ccccc1. The van der Waals surface area contributed by atoms with Crippen LogP contribution in [0.5, 0.6) is 0 Å². The number of rotatable bonds is 8. The Balaban J connectivity index is 1.40. The van der Waals surface area contributed by atoms with Crippen LogP contribution in [-0.2, 0) is 11.3 Å². The van der Waals surface area contributed by atoms with Crippen molar-refractivity contribution in [1.29, 1.82) is 0 Å². The van der Waals surface area contributed by atoms with Crippen LogP contribution in [0.25, 0.3) is 17.1 Å². The number of hydrazone groups is 1. The summed E-state index contributed by atoms with van der Waals surface area (Å²) in [6.07, 6.45) is 5.26. The number of thioether (sulfide) groups is 1. The molecule has 0 spiro atoms. The number of nitrogens with one attached hydrogen (secondary N) is 1. The minimum absolute atomic E-state index is 0.198. The predicted molar refractivity (Wildman–Crippen MR) is 133 cm³/mol. The first-order valence-electron chi connectivity index (χ1n) is 10.1. The van der Waals surface area contributed by atoms with Crippen molar-refractivity contribution in [3.8, 4) is 0 Å². The molecule has 0 saturated heterocycles. The highest BCUT2D eigenvalue weighted by Crippen LogP contribution is 2.26. The first kappa shape index (κ1) is 21.9. The zero-order chi connectivity index (χ0) is 22.2. The molecule has 0 aliphatic rings. The van der Waals surface area contributed by atoms with Crippen molar-refractivity contribution >= 4 is 52.6 Å². The second-order valence-corrected chi connectivity index (χ2v) is 8.28. The Morgan fingerprint density at radius 3 is 2.62 bits per heavy atom. The summed E-state index contributed by atoms with van der Waals surface area (Å²) >= 11 is 7.74. The van der Waals surface area contributed by atoms with Crippen molar-refractivity contribution in [2.45, 2.75) is 11.7 Å². The largest absolute Gasteiger partial charge is 0.314 e. The van der Waals surface area contributed by atoms with Crippen molar-refractivity contribution in [2.24, 2.45) is 5.10 Å². The minimum atomic E-state index is -0.198. The number of amides is 1. The van der Waals surface area contributed by atoms with E-state index in [1.807, 2.05) is 84.9 Å². The molecule has 1 amide bonds. The molecular weight excluding hydrogens is 440 g/mol. The number of aromatic nitrogens is 2. The number of hydrogen-bond acceptors (Lipinski definition) is 4. The molecule has 7 heteroatoms. The molecule has 4 aromatic rings. The lowest BCUT2D eigenvalue weighted by atomic mass is 10.2. The van der Waals surface area contributed by atoms with E-state index in [0.29, 0.717) is 11.6 Å². The summed E-state index contributed by atoms with van der Waals surface area (Å²) in [5, 5.41) is 5.44. The van der Waals surface area contributed by atoms with Gasteiger partial charge in [0.05, 0.1) is 23.3 Å². The van der Waals surface area contributed by atoms with Crippen LogP contribution in [0.3, 0.4) is 0 Å². The minimum Gasteiger partial charge on any atom is -0.314 e. The van der Waals surface area contributed by atoms with E-state index in [-0.39, 0.29) is 11.7 Å². The third kappa shape index (κ3) is 5.66. The molecule has 0 fully saturated rings. The maximum Gasteiger partial charge on any atom is 0.250 e. The number of carbonyl (C=O) groups is 1. The fourth-order valence-corrected chi connectivity index (χ4v) is 4.15. The standard InChI is InChI=1S/C25H21ClN4OS/c26-21-13-5-4-12-20(21)17-30-23-15-7-6-14-22(23)28-25(30)32-18-24(31)29-27-16-8-11-19-9-2-1-3-10-19/h1-16H,17-18H2,(H,29,31)/b11-8+,27-16+. The molecule has 0 aliphatic carbocycles. The van der Waals surface area contributed by atoms with E-state index in [0.717, 1.165) is 27.3 Å². The van der Waals surface area contributed by atoms with Crippen LogP contribution in [0, 0.1) is 0 Å². The van der Waals surface area contributed by atoms with Gasteiger partial charge in [0.1, 0.15) is 0 Å². The summed E-state index contributed by atoms with van der Waals surface area (Å²) in [7, 11) is 0. The zero-order valence-electron chi connectivity index (χ0n) is 17.2. The molecule has 0 unspecified atom stereocenters. The summed E-state index contributed by atoms with van der Waals surface area (Å²) in [5.74, 6) is 0.00157. The number of para-hydroxylation sites is 2. The van der Waals surface area contributed by atoms with Gasteiger partial charge in [-0.25, -0.2) is 10.4 Å². The summed E-state index contributed by atoms with van der Waals surface area (Å²) < 4.78 is 2.08. The Hall–Kier alpha value is -3.35. The third-order valence-electron chi connectivity index (χ3n) is 4.68. The molecule has 1 heterocycles. The van der Waals surface area contributed by atoms with E-state index in [1.54, 1.807) is 12.3 Å². The second-order valence-electron chi connectivity index (χ2n) is 6.93. The first-order chi connectivity index (χ1) is 15.7. The highest BCUT2D eigenvalue weighted by atomic mass is 35.5. The predicted octanol–water partition coefficient (Wildman–Crippen LogP) is 5.65. The lowest BCUT2D eigenvalue weighted by Gasteiger charge is -2.10. The topological polar surface area (TPSA) is 59.3 Å². The Bertz CT molecular complexity index is 1270. The van der Waals surface area contributed by atoms with Crippen LogP contribution in [0.2, 0.25) is 5.02 Å². The van der Waals surface area contributed by atoms with Gasteiger partial charge in [-0.15, -0.1) is 0 Å². The maximum absolute atomic E-state index is 12.3. The molecule has 0 saturated carbocycles. The Morgan fingerprint density at radius 1 is 1.03 bits per heavy atom. The lowest BCUT2D eigenvalue weighted by molar-refractivity contribution is -0.118. The average molecular weight is 461 g/mol. The molecule has 0 aliphatic heterocycles.